The molecule has 0 aliphatic carbocycles. The van der Waals surface area contributed by atoms with Crippen LogP contribution in [-0.4, -0.2) is 27.3 Å². The monoisotopic (exact) mass is 299 g/mol. The minimum absolute atomic E-state index is 0.535. The van der Waals surface area contributed by atoms with Gasteiger partial charge in [-0.3, -0.25) is 0 Å². The van der Waals surface area contributed by atoms with E-state index in [1.54, 1.807) is 7.11 Å². The molecule has 17 heavy (non-hydrogen) atoms. The Balaban J connectivity index is 2.77. The number of halogens is 1. The summed E-state index contributed by atoms with van der Waals surface area (Å²) in [6.07, 6.45) is 1.09. The number of hydrogen-bond acceptors (Lipinski definition) is 2. The third kappa shape index (κ3) is 4.78. The van der Waals surface area contributed by atoms with Crippen LogP contribution in [0.3, 0.4) is 0 Å². The smallest absolute Gasteiger partial charge is 0.0465 e. The second-order valence-corrected chi connectivity index (χ2v) is 5.39. The zero-order valence-corrected chi connectivity index (χ0v) is 12.5. The van der Waals surface area contributed by atoms with Gasteiger partial charge in [0.05, 0.1) is 0 Å². The number of methoxy groups -OCH3 is 1. The van der Waals surface area contributed by atoms with Gasteiger partial charge in [0, 0.05) is 24.7 Å². The highest BCUT2D eigenvalue weighted by atomic mass is 79.9. The predicted octanol–water partition coefficient (Wildman–Crippen LogP) is 3.42. The lowest BCUT2D eigenvalue weighted by atomic mass is 9.85. The fraction of sp³-hybridized carbons (Fsp3) is 0.571. The van der Waals surface area contributed by atoms with Crippen LogP contribution < -0.4 is 5.32 Å². The molecule has 0 saturated heterocycles. The van der Waals surface area contributed by atoms with E-state index in [0.29, 0.717) is 11.8 Å². The molecule has 1 aromatic carbocycles. The molecular weight excluding hydrogens is 278 g/mol. The highest BCUT2D eigenvalue weighted by Crippen LogP contribution is 2.28. The predicted molar refractivity (Wildman–Crippen MR) is 76.5 cm³/mol. The Kier molecular flexibility index (Phi) is 6.78. The molecule has 0 saturated carbocycles. The van der Waals surface area contributed by atoms with Crippen LogP contribution in [0.1, 0.15) is 24.8 Å². The molecule has 1 N–H and O–H groups in total. The van der Waals surface area contributed by atoms with Gasteiger partial charge in [-0.1, -0.05) is 35.0 Å². The first-order valence-corrected chi connectivity index (χ1v) is 6.87. The number of nitrogens with one attached hydrogen (secondary N) is 1. The van der Waals surface area contributed by atoms with E-state index in [1.807, 2.05) is 7.05 Å². The molecule has 1 aromatic rings. The van der Waals surface area contributed by atoms with Gasteiger partial charge < -0.3 is 10.1 Å². The Morgan fingerprint density at radius 3 is 2.76 bits per heavy atom. The van der Waals surface area contributed by atoms with Crippen molar-refractivity contribution in [1.82, 2.24) is 5.32 Å². The van der Waals surface area contributed by atoms with Gasteiger partial charge in [-0.05, 0) is 43.0 Å². The Morgan fingerprint density at radius 2 is 2.18 bits per heavy atom. The maximum Gasteiger partial charge on any atom is 0.0465 e. The topological polar surface area (TPSA) is 21.3 Å². The molecule has 2 atom stereocenters. The van der Waals surface area contributed by atoms with Gasteiger partial charge in [0.2, 0.25) is 0 Å². The molecule has 3 heteroatoms. The normalized spacial score (nSPS) is 14.6. The first kappa shape index (κ1) is 14.7. The Hall–Kier alpha value is -0.380. The number of rotatable bonds is 7. The van der Waals surface area contributed by atoms with E-state index in [2.05, 4.69) is 52.4 Å². The highest BCUT2D eigenvalue weighted by Gasteiger charge is 2.18. The summed E-state index contributed by atoms with van der Waals surface area (Å²) >= 11 is 3.54. The van der Waals surface area contributed by atoms with E-state index in [0.717, 1.165) is 24.0 Å². The quantitative estimate of drug-likeness (QED) is 0.833. The second-order valence-electron chi connectivity index (χ2n) is 4.48. The van der Waals surface area contributed by atoms with Gasteiger partial charge in [-0.25, -0.2) is 0 Å². The van der Waals surface area contributed by atoms with Crippen LogP contribution in [0, 0.1) is 5.92 Å². The number of benzene rings is 1. The van der Waals surface area contributed by atoms with Crippen molar-refractivity contribution in [2.75, 3.05) is 27.3 Å². The lowest BCUT2D eigenvalue weighted by molar-refractivity contribution is 0.174. The summed E-state index contributed by atoms with van der Waals surface area (Å²) in [5, 5.41) is 3.29. The number of likely N-dealkylation sites (N-methyl/N-ethyl adjacent to an activating group) is 1. The minimum atomic E-state index is 0.535. The van der Waals surface area contributed by atoms with Crippen molar-refractivity contribution in [1.29, 1.82) is 0 Å². The molecule has 0 spiro atoms. The third-order valence-electron chi connectivity index (χ3n) is 3.17. The first-order valence-electron chi connectivity index (χ1n) is 6.08. The molecule has 0 aromatic heterocycles. The maximum absolute atomic E-state index is 5.17. The summed E-state index contributed by atoms with van der Waals surface area (Å²) in [5.74, 6) is 1.14. The molecule has 0 aliphatic rings. The van der Waals surface area contributed by atoms with Crippen LogP contribution in [0.2, 0.25) is 0 Å². The molecule has 2 nitrogen and oxygen atoms in total. The van der Waals surface area contributed by atoms with Gasteiger partial charge in [0.25, 0.3) is 0 Å². The Labute approximate surface area is 113 Å². The van der Waals surface area contributed by atoms with Gasteiger partial charge >= 0.3 is 0 Å². The van der Waals surface area contributed by atoms with Gasteiger partial charge in [-0.2, -0.15) is 0 Å². The molecule has 2 unspecified atom stereocenters. The molecule has 0 heterocycles. The van der Waals surface area contributed by atoms with Crippen molar-refractivity contribution < 1.29 is 4.74 Å². The molecule has 1 rings (SSSR count). The molecule has 96 valence electrons. The second kappa shape index (κ2) is 7.85. The average molecular weight is 300 g/mol. The summed E-state index contributed by atoms with van der Waals surface area (Å²) in [4.78, 5) is 0. The fourth-order valence-corrected chi connectivity index (χ4v) is 2.53. The largest absolute Gasteiger partial charge is 0.385 e. The van der Waals surface area contributed by atoms with E-state index in [1.165, 1.54) is 5.56 Å². The van der Waals surface area contributed by atoms with Crippen molar-refractivity contribution in [2.24, 2.45) is 5.92 Å². The number of hydrogen-bond donors (Lipinski definition) is 1. The van der Waals surface area contributed by atoms with Gasteiger partial charge in [-0.15, -0.1) is 0 Å². The SMILES string of the molecule is CNCC(c1cccc(Br)c1)C(C)CCOC. The fourth-order valence-electron chi connectivity index (χ4n) is 2.11. The lowest BCUT2D eigenvalue weighted by Crippen LogP contribution is -2.23. The maximum atomic E-state index is 5.17. The van der Waals surface area contributed by atoms with Crippen molar-refractivity contribution in [3.8, 4) is 0 Å². The zero-order valence-electron chi connectivity index (χ0n) is 10.9. The summed E-state index contributed by atoms with van der Waals surface area (Å²) < 4.78 is 6.32. The van der Waals surface area contributed by atoms with Crippen molar-refractivity contribution in [3.63, 3.8) is 0 Å². The van der Waals surface area contributed by atoms with Crippen LogP contribution in [0.5, 0.6) is 0 Å². The van der Waals surface area contributed by atoms with Crippen LogP contribution in [0.25, 0.3) is 0 Å². The highest BCUT2D eigenvalue weighted by molar-refractivity contribution is 9.10. The first-order chi connectivity index (χ1) is 8.19. The molecular formula is C14H22BrNO. The molecule has 0 radical (unpaired) electrons. The van der Waals surface area contributed by atoms with E-state index in [4.69, 9.17) is 4.74 Å². The number of ether oxygens (including phenoxy) is 1. The van der Waals surface area contributed by atoms with E-state index in [9.17, 15) is 0 Å². The van der Waals surface area contributed by atoms with Crippen LogP contribution in [0.4, 0.5) is 0 Å². The minimum Gasteiger partial charge on any atom is -0.385 e. The Bertz CT molecular complexity index is 330. The van der Waals surface area contributed by atoms with Crippen molar-refractivity contribution in [2.45, 2.75) is 19.3 Å². The summed E-state index contributed by atoms with van der Waals surface area (Å²) in [6.45, 7) is 4.12. The third-order valence-corrected chi connectivity index (χ3v) is 3.66. The molecule has 0 bridgehead atoms. The van der Waals surface area contributed by atoms with Gasteiger partial charge in [0.15, 0.2) is 0 Å². The summed E-state index contributed by atoms with van der Waals surface area (Å²) in [6, 6.07) is 8.59. The van der Waals surface area contributed by atoms with E-state index < -0.39 is 0 Å². The Morgan fingerprint density at radius 1 is 1.41 bits per heavy atom. The van der Waals surface area contributed by atoms with Crippen LogP contribution >= 0.6 is 15.9 Å². The van der Waals surface area contributed by atoms with E-state index >= 15 is 0 Å². The molecule has 0 fully saturated rings. The zero-order chi connectivity index (χ0) is 12.7. The van der Waals surface area contributed by atoms with Crippen molar-refractivity contribution >= 4 is 15.9 Å². The van der Waals surface area contributed by atoms with Gasteiger partial charge in [0.1, 0.15) is 0 Å². The standard InChI is InChI=1S/C14H22BrNO/c1-11(7-8-17-3)14(10-16-2)12-5-4-6-13(15)9-12/h4-6,9,11,14,16H,7-8,10H2,1-3H3. The molecule has 0 amide bonds. The van der Waals surface area contributed by atoms with Crippen LogP contribution in [0.15, 0.2) is 28.7 Å². The van der Waals surface area contributed by atoms with Crippen molar-refractivity contribution in [3.05, 3.63) is 34.3 Å². The van der Waals surface area contributed by atoms with Crippen LogP contribution in [-0.2, 0) is 4.74 Å². The summed E-state index contributed by atoms with van der Waals surface area (Å²) in [5.41, 5.74) is 1.39. The van der Waals surface area contributed by atoms with E-state index in [-0.39, 0.29) is 0 Å². The summed E-state index contributed by atoms with van der Waals surface area (Å²) in [7, 11) is 3.77. The lowest BCUT2D eigenvalue weighted by Gasteiger charge is -2.24. The average Bonchev–Trinajstić information content (AvgIpc) is 2.33. The molecule has 0 aliphatic heterocycles.